The van der Waals surface area contributed by atoms with E-state index in [1.165, 1.54) is 4.90 Å². The maximum atomic E-state index is 13.8. The van der Waals surface area contributed by atoms with Crippen LogP contribution in [0.1, 0.15) is 29.2 Å². The molecular weight excluding hydrogens is 420 g/mol. The maximum absolute atomic E-state index is 13.8. The molecule has 0 spiro atoms. The number of carbonyl (C=O) groups is 2. The zero-order valence-corrected chi connectivity index (χ0v) is 19.2. The van der Waals surface area contributed by atoms with Crippen LogP contribution in [0.5, 0.6) is 0 Å². The summed E-state index contributed by atoms with van der Waals surface area (Å²) in [6, 6.07) is 22.9. The highest BCUT2D eigenvalue weighted by molar-refractivity contribution is 6.45. The number of nitrogens with zero attached hydrogens (tertiary/aromatic N) is 2. The van der Waals surface area contributed by atoms with E-state index in [0.29, 0.717) is 35.1 Å². The smallest absolute Gasteiger partial charge is 0.282 e. The van der Waals surface area contributed by atoms with Crippen molar-refractivity contribution in [1.29, 1.82) is 0 Å². The van der Waals surface area contributed by atoms with E-state index in [9.17, 15) is 9.59 Å². The Balaban J connectivity index is 1.86. The number of anilines is 1. The Labute approximate surface area is 193 Å². The van der Waals surface area contributed by atoms with Crippen molar-refractivity contribution < 1.29 is 9.59 Å². The molecular formula is C27H25ClN2O2. The van der Waals surface area contributed by atoms with Crippen molar-refractivity contribution in [3.05, 3.63) is 106 Å². The topological polar surface area (TPSA) is 40.6 Å². The standard InChI is InChI=1S/C27H25ClN2O2/c1-4-29(17-20-8-6-5-7-9-20)25-24(21-13-10-18(2)11-14-21)26(31)30(27(25)32)23-16-22(28)15-12-19(23)3/h5-16H,4,17H2,1-3H3. The van der Waals surface area contributed by atoms with Gasteiger partial charge in [-0.1, -0.05) is 77.8 Å². The van der Waals surface area contributed by atoms with Gasteiger partial charge in [-0.15, -0.1) is 0 Å². The molecule has 0 saturated heterocycles. The highest BCUT2D eigenvalue weighted by atomic mass is 35.5. The Kier molecular flexibility index (Phi) is 6.15. The zero-order valence-electron chi connectivity index (χ0n) is 18.4. The predicted molar refractivity (Wildman–Crippen MR) is 129 cm³/mol. The first kappa shape index (κ1) is 21.8. The molecule has 4 rings (SSSR count). The second-order valence-corrected chi connectivity index (χ2v) is 8.40. The molecule has 3 aromatic rings. The van der Waals surface area contributed by atoms with Gasteiger partial charge in [0, 0.05) is 18.1 Å². The first-order chi connectivity index (χ1) is 15.4. The van der Waals surface area contributed by atoms with Gasteiger partial charge < -0.3 is 4.90 Å². The average molecular weight is 445 g/mol. The summed E-state index contributed by atoms with van der Waals surface area (Å²) in [6.07, 6.45) is 0. The third kappa shape index (κ3) is 4.06. The number of halogens is 1. The quantitative estimate of drug-likeness (QED) is 0.453. The molecule has 0 saturated carbocycles. The van der Waals surface area contributed by atoms with E-state index < -0.39 is 0 Å². The van der Waals surface area contributed by atoms with Crippen molar-refractivity contribution in [2.75, 3.05) is 11.4 Å². The summed E-state index contributed by atoms with van der Waals surface area (Å²) in [6.45, 7) is 6.98. The molecule has 0 unspecified atom stereocenters. The van der Waals surface area contributed by atoms with Crippen molar-refractivity contribution in [2.24, 2.45) is 0 Å². The van der Waals surface area contributed by atoms with E-state index in [-0.39, 0.29) is 11.8 Å². The van der Waals surface area contributed by atoms with Crippen LogP contribution in [0.2, 0.25) is 5.02 Å². The molecule has 4 nitrogen and oxygen atoms in total. The summed E-state index contributed by atoms with van der Waals surface area (Å²) in [5.74, 6) is -0.653. The van der Waals surface area contributed by atoms with E-state index in [2.05, 4.69) is 0 Å². The highest BCUT2D eigenvalue weighted by Gasteiger charge is 2.42. The Morgan fingerprint density at radius 3 is 2.22 bits per heavy atom. The number of hydrogen-bond donors (Lipinski definition) is 0. The van der Waals surface area contributed by atoms with Crippen LogP contribution >= 0.6 is 11.6 Å². The zero-order chi connectivity index (χ0) is 22.8. The molecule has 3 aromatic carbocycles. The summed E-state index contributed by atoms with van der Waals surface area (Å²) in [4.78, 5) is 30.7. The van der Waals surface area contributed by atoms with Crippen LogP contribution in [0.4, 0.5) is 5.69 Å². The minimum absolute atomic E-state index is 0.325. The second-order valence-electron chi connectivity index (χ2n) is 7.97. The molecule has 2 amide bonds. The lowest BCUT2D eigenvalue weighted by Crippen LogP contribution is -2.35. The molecule has 1 aliphatic heterocycles. The first-order valence-corrected chi connectivity index (χ1v) is 11.0. The van der Waals surface area contributed by atoms with Crippen molar-refractivity contribution in [2.45, 2.75) is 27.3 Å². The number of hydrogen-bond acceptors (Lipinski definition) is 3. The second kappa shape index (κ2) is 9.01. The first-order valence-electron chi connectivity index (χ1n) is 10.7. The van der Waals surface area contributed by atoms with Gasteiger partial charge in [0.1, 0.15) is 5.70 Å². The van der Waals surface area contributed by atoms with Crippen LogP contribution in [0, 0.1) is 13.8 Å². The Hall–Kier alpha value is -3.37. The molecule has 162 valence electrons. The number of imide groups is 1. The lowest BCUT2D eigenvalue weighted by molar-refractivity contribution is -0.120. The third-order valence-electron chi connectivity index (χ3n) is 5.73. The fourth-order valence-electron chi connectivity index (χ4n) is 3.99. The predicted octanol–water partition coefficient (Wildman–Crippen LogP) is 5.76. The highest BCUT2D eigenvalue weighted by Crippen LogP contribution is 2.37. The summed E-state index contributed by atoms with van der Waals surface area (Å²) in [7, 11) is 0. The number of amides is 2. The summed E-state index contributed by atoms with van der Waals surface area (Å²) < 4.78 is 0. The third-order valence-corrected chi connectivity index (χ3v) is 5.96. The van der Waals surface area contributed by atoms with Gasteiger partial charge in [-0.2, -0.15) is 0 Å². The monoisotopic (exact) mass is 444 g/mol. The van der Waals surface area contributed by atoms with E-state index in [1.807, 2.05) is 86.3 Å². The number of benzene rings is 3. The molecule has 32 heavy (non-hydrogen) atoms. The molecule has 5 heteroatoms. The van der Waals surface area contributed by atoms with Crippen molar-refractivity contribution >= 4 is 34.7 Å². The fourth-order valence-corrected chi connectivity index (χ4v) is 4.15. The number of aryl methyl sites for hydroxylation is 2. The molecule has 0 radical (unpaired) electrons. The summed E-state index contributed by atoms with van der Waals surface area (Å²) in [5.41, 5.74) is 5.07. The van der Waals surface area contributed by atoms with Gasteiger partial charge in [0.15, 0.2) is 0 Å². The van der Waals surface area contributed by atoms with Gasteiger partial charge in [0.2, 0.25) is 0 Å². The number of carbonyl (C=O) groups excluding carboxylic acids is 2. The lowest BCUT2D eigenvalue weighted by atomic mass is 10.0. The van der Waals surface area contributed by atoms with Gasteiger partial charge in [-0.3, -0.25) is 9.59 Å². The molecule has 0 atom stereocenters. The van der Waals surface area contributed by atoms with Crippen molar-refractivity contribution in [3.8, 4) is 0 Å². The van der Waals surface area contributed by atoms with Gasteiger partial charge >= 0.3 is 0 Å². The number of likely N-dealkylation sites (N-methyl/N-ethyl adjacent to an activating group) is 1. The minimum Gasteiger partial charge on any atom is -0.362 e. The Bertz CT molecular complexity index is 1200. The normalized spacial score (nSPS) is 13.8. The van der Waals surface area contributed by atoms with Crippen LogP contribution in [0.25, 0.3) is 5.57 Å². The molecule has 1 aliphatic rings. The molecule has 1 heterocycles. The summed E-state index contributed by atoms with van der Waals surface area (Å²) >= 11 is 6.22. The van der Waals surface area contributed by atoms with Crippen molar-refractivity contribution in [3.63, 3.8) is 0 Å². The van der Waals surface area contributed by atoms with E-state index in [0.717, 1.165) is 22.3 Å². The number of rotatable bonds is 6. The van der Waals surface area contributed by atoms with Gasteiger partial charge in [0.25, 0.3) is 11.8 Å². The molecule has 0 fully saturated rings. The van der Waals surface area contributed by atoms with Crippen LogP contribution in [-0.2, 0) is 16.1 Å². The average Bonchev–Trinajstić information content (AvgIpc) is 3.05. The van der Waals surface area contributed by atoms with Crippen molar-refractivity contribution in [1.82, 2.24) is 4.90 Å². The largest absolute Gasteiger partial charge is 0.362 e. The van der Waals surface area contributed by atoms with Crippen LogP contribution in [0.3, 0.4) is 0 Å². The molecule has 0 aromatic heterocycles. The fraction of sp³-hybridized carbons (Fsp3) is 0.185. The van der Waals surface area contributed by atoms with Gasteiger partial charge in [0.05, 0.1) is 11.3 Å². The van der Waals surface area contributed by atoms with Crippen LogP contribution in [-0.4, -0.2) is 23.3 Å². The Morgan fingerprint density at radius 1 is 0.875 bits per heavy atom. The Morgan fingerprint density at radius 2 is 1.56 bits per heavy atom. The van der Waals surface area contributed by atoms with Crippen LogP contribution < -0.4 is 4.90 Å². The van der Waals surface area contributed by atoms with E-state index in [4.69, 9.17) is 11.6 Å². The van der Waals surface area contributed by atoms with Gasteiger partial charge in [-0.05, 0) is 49.6 Å². The molecule has 0 aliphatic carbocycles. The minimum atomic E-state index is -0.328. The molecule has 0 N–H and O–H groups in total. The van der Waals surface area contributed by atoms with Gasteiger partial charge in [-0.25, -0.2) is 4.90 Å². The lowest BCUT2D eigenvalue weighted by Gasteiger charge is -2.25. The van der Waals surface area contributed by atoms with E-state index >= 15 is 0 Å². The summed E-state index contributed by atoms with van der Waals surface area (Å²) in [5, 5.41) is 0.480. The SMILES string of the molecule is CCN(Cc1ccccc1)C1=C(c2ccc(C)cc2)C(=O)N(c2cc(Cl)ccc2C)C1=O. The van der Waals surface area contributed by atoms with Crippen LogP contribution in [0.15, 0.2) is 78.5 Å². The maximum Gasteiger partial charge on any atom is 0.282 e. The molecule has 0 bridgehead atoms. The van der Waals surface area contributed by atoms with E-state index in [1.54, 1.807) is 12.1 Å².